The molecule has 0 saturated carbocycles. The molecule has 92 valence electrons. The monoisotopic (exact) mass is 242 g/mol. The minimum atomic E-state index is 0.181. The third kappa shape index (κ3) is 4.10. The largest absolute Gasteiger partial charge is 0.380 e. The van der Waals surface area contributed by atoms with Crippen molar-refractivity contribution in [2.24, 2.45) is 0 Å². The molecular formula is C12H22N2OS. The van der Waals surface area contributed by atoms with Gasteiger partial charge in [-0.2, -0.15) is 0 Å². The molecule has 0 fully saturated rings. The minimum absolute atomic E-state index is 0.181. The van der Waals surface area contributed by atoms with E-state index in [0.29, 0.717) is 6.04 Å². The number of ether oxygens (including phenoxy) is 1. The quantitative estimate of drug-likeness (QED) is 0.860. The van der Waals surface area contributed by atoms with Crippen LogP contribution in [0.5, 0.6) is 0 Å². The number of thiazole rings is 1. The van der Waals surface area contributed by atoms with Crippen molar-refractivity contribution >= 4 is 16.5 Å². The minimum Gasteiger partial charge on any atom is -0.380 e. The first-order valence-electron chi connectivity index (χ1n) is 5.74. The van der Waals surface area contributed by atoms with Gasteiger partial charge in [-0.25, -0.2) is 4.98 Å². The Kier molecular flexibility index (Phi) is 4.74. The first kappa shape index (κ1) is 13.5. The lowest BCUT2D eigenvalue weighted by Crippen LogP contribution is -2.21. The number of nitrogens with zero attached hydrogens (tertiary/aromatic N) is 1. The molecule has 16 heavy (non-hydrogen) atoms. The van der Waals surface area contributed by atoms with Crippen LogP contribution in [0.25, 0.3) is 0 Å². The third-order valence-corrected chi connectivity index (χ3v) is 3.54. The Morgan fingerprint density at radius 2 is 2.19 bits per heavy atom. The maximum Gasteiger partial charge on any atom is 0.183 e. The highest BCUT2D eigenvalue weighted by molar-refractivity contribution is 7.15. The predicted octanol–water partition coefficient (Wildman–Crippen LogP) is 3.28. The molecule has 0 saturated heterocycles. The van der Waals surface area contributed by atoms with Crippen LogP contribution in [0.3, 0.4) is 0 Å². The maximum absolute atomic E-state index is 5.36. The SMILES string of the molecule is CCOCC(C)Nc1ncc(C(C)(C)C)s1. The van der Waals surface area contributed by atoms with Crippen molar-refractivity contribution in [3.63, 3.8) is 0 Å². The van der Waals surface area contributed by atoms with E-state index in [1.54, 1.807) is 11.3 Å². The second-order valence-corrected chi connectivity index (χ2v) is 6.02. The summed E-state index contributed by atoms with van der Waals surface area (Å²) in [6.45, 7) is 12.2. The van der Waals surface area contributed by atoms with Gasteiger partial charge >= 0.3 is 0 Å². The summed E-state index contributed by atoms with van der Waals surface area (Å²) in [6.07, 6.45) is 1.96. The van der Waals surface area contributed by atoms with E-state index in [1.807, 2.05) is 13.1 Å². The topological polar surface area (TPSA) is 34.1 Å². The standard InChI is InChI=1S/C12H22N2OS/c1-6-15-8-9(2)14-11-13-7-10(16-11)12(3,4)5/h7,9H,6,8H2,1-5H3,(H,13,14). The van der Waals surface area contributed by atoms with Crippen LogP contribution < -0.4 is 5.32 Å². The van der Waals surface area contributed by atoms with Crippen molar-refractivity contribution in [3.8, 4) is 0 Å². The van der Waals surface area contributed by atoms with Gasteiger partial charge in [0.25, 0.3) is 0 Å². The summed E-state index contributed by atoms with van der Waals surface area (Å²) in [7, 11) is 0. The van der Waals surface area contributed by atoms with Crippen molar-refractivity contribution in [1.82, 2.24) is 4.98 Å². The van der Waals surface area contributed by atoms with Crippen LogP contribution in [0, 0.1) is 0 Å². The highest BCUT2D eigenvalue weighted by Crippen LogP contribution is 2.30. The lowest BCUT2D eigenvalue weighted by molar-refractivity contribution is 0.141. The average molecular weight is 242 g/mol. The molecule has 0 aliphatic rings. The molecule has 1 rings (SSSR count). The van der Waals surface area contributed by atoms with Crippen molar-refractivity contribution < 1.29 is 4.74 Å². The van der Waals surface area contributed by atoms with Crippen molar-refractivity contribution in [2.45, 2.75) is 46.1 Å². The van der Waals surface area contributed by atoms with Gasteiger partial charge in [0, 0.05) is 23.7 Å². The molecule has 0 amide bonds. The van der Waals surface area contributed by atoms with E-state index >= 15 is 0 Å². The summed E-state index contributed by atoms with van der Waals surface area (Å²) >= 11 is 1.72. The highest BCUT2D eigenvalue weighted by atomic mass is 32.1. The number of aromatic nitrogens is 1. The number of nitrogens with one attached hydrogen (secondary N) is 1. The number of anilines is 1. The van der Waals surface area contributed by atoms with Gasteiger partial charge in [0.15, 0.2) is 5.13 Å². The van der Waals surface area contributed by atoms with Crippen LogP contribution >= 0.6 is 11.3 Å². The molecular weight excluding hydrogens is 220 g/mol. The molecule has 3 nitrogen and oxygen atoms in total. The van der Waals surface area contributed by atoms with Crippen molar-refractivity contribution in [1.29, 1.82) is 0 Å². The molecule has 1 N–H and O–H groups in total. The molecule has 1 aromatic rings. The molecule has 0 radical (unpaired) electrons. The van der Waals surface area contributed by atoms with Gasteiger partial charge in [-0.15, -0.1) is 11.3 Å². The molecule has 0 spiro atoms. The van der Waals surface area contributed by atoms with Gasteiger partial charge in [-0.05, 0) is 19.3 Å². The first-order chi connectivity index (χ1) is 7.43. The summed E-state index contributed by atoms with van der Waals surface area (Å²) in [6, 6.07) is 0.305. The predicted molar refractivity (Wildman–Crippen MR) is 70.4 cm³/mol. The Morgan fingerprint density at radius 1 is 1.50 bits per heavy atom. The number of rotatable bonds is 5. The highest BCUT2D eigenvalue weighted by Gasteiger charge is 2.17. The molecule has 1 unspecified atom stereocenters. The molecule has 1 atom stereocenters. The van der Waals surface area contributed by atoms with E-state index < -0.39 is 0 Å². The van der Waals surface area contributed by atoms with Crippen LogP contribution in [-0.4, -0.2) is 24.2 Å². The van der Waals surface area contributed by atoms with Crippen LogP contribution in [0.4, 0.5) is 5.13 Å². The fraction of sp³-hybridized carbons (Fsp3) is 0.750. The van der Waals surface area contributed by atoms with Crippen LogP contribution in [0.15, 0.2) is 6.20 Å². The lowest BCUT2D eigenvalue weighted by Gasteiger charge is -2.15. The van der Waals surface area contributed by atoms with E-state index in [4.69, 9.17) is 4.74 Å². The van der Waals surface area contributed by atoms with E-state index in [0.717, 1.165) is 18.3 Å². The maximum atomic E-state index is 5.36. The van der Waals surface area contributed by atoms with Gasteiger partial charge in [0.05, 0.1) is 6.61 Å². The van der Waals surface area contributed by atoms with Gasteiger partial charge in [-0.3, -0.25) is 0 Å². The second-order valence-electron chi connectivity index (χ2n) is 4.98. The smallest absolute Gasteiger partial charge is 0.183 e. The Hall–Kier alpha value is -0.610. The van der Waals surface area contributed by atoms with E-state index in [9.17, 15) is 0 Å². The van der Waals surface area contributed by atoms with E-state index in [-0.39, 0.29) is 5.41 Å². The zero-order chi connectivity index (χ0) is 12.2. The number of hydrogen-bond acceptors (Lipinski definition) is 4. The summed E-state index contributed by atoms with van der Waals surface area (Å²) in [5.41, 5.74) is 0.181. The summed E-state index contributed by atoms with van der Waals surface area (Å²) in [5, 5.41) is 4.34. The van der Waals surface area contributed by atoms with Crippen LogP contribution in [-0.2, 0) is 10.2 Å². The first-order valence-corrected chi connectivity index (χ1v) is 6.55. The zero-order valence-electron chi connectivity index (χ0n) is 10.8. The Morgan fingerprint density at radius 3 is 2.69 bits per heavy atom. The molecule has 1 aromatic heterocycles. The van der Waals surface area contributed by atoms with Crippen molar-refractivity contribution in [2.75, 3.05) is 18.5 Å². The van der Waals surface area contributed by atoms with E-state index in [1.165, 1.54) is 4.88 Å². The zero-order valence-corrected chi connectivity index (χ0v) is 11.6. The summed E-state index contributed by atoms with van der Waals surface area (Å²) < 4.78 is 5.36. The molecule has 0 aliphatic heterocycles. The van der Waals surface area contributed by atoms with Crippen LogP contribution in [0.1, 0.15) is 39.5 Å². The number of hydrogen-bond donors (Lipinski definition) is 1. The summed E-state index contributed by atoms with van der Waals surface area (Å²) in [5.74, 6) is 0. The molecule has 0 aliphatic carbocycles. The Balaban J connectivity index is 2.52. The lowest BCUT2D eigenvalue weighted by atomic mass is 9.96. The Labute approximate surface area is 102 Å². The van der Waals surface area contributed by atoms with Gasteiger partial charge in [0.2, 0.25) is 0 Å². The molecule has 0 bridgehead atoms. The normalized spacial score (nSPS) is 13.8. The van der Waals surface area contributed by atoms with E-state index in [2.05, 4.69) is 38.0 Å². The second kappa shape index (κ2) is 5.64. The van der Waals surface area contributed by atoms with Gasteiger partial charge in [-0.1, -0.05) is 20.8 Å². The van der Waals surface area contributed by atoms with Gasteiger partial charge in [0.1, 0.15) is 0 Å². The summed E-state index contributed by atoms with van der Waals surface area (Å²) in [4.78, 5) is 5.69. The average Bonchev–Trinajstić information content (AvgIpc) is 2.62. The third-order valence-electron chi connectivity index (χ3n) is 2.19. The van der Waals surface area contributed by atoms with Crippen LogP contribution in [0.2, 0.25) is 0 Å². The molecule has 0 aromatic carbocycles. The fourth-order valence-electron chi connectivity index (χ4n) is 1.23. The fourth-order valence-corrected chi connectivity index (χ4v) is 2.22. The molecule has 4 heteroatoms. The van der Waals surface area contributed by atoms with Gasteiger partial charge < -0.3 is 10.1 Å². The van der Waals surface area contributed by atoms with Crippen molar-refractivity contribution in [3.05, 3.63) is 11.1 Å². The molecule has 1 heterocycles. The Bertz CT molecular complexity index is 317.